The fraction of sp³-hybridized carbons (Fsp3) is 0.500. The molecule has 1 N–H and O–H groups in total. The molecule has 0 aliphatic carbocycles. The molecule has 0 unspecified atom stereocenters. The van der Waals surface area contributed by atoms with Gasteiger partial charge < -0.3 is 14.8 Å². The van der Waals surface area contributed by atoms with Crippen molar-refractivity contribution in [2.45, 2.75) is 39.7 Å². The molecule has 5 heteroatoms. The minimum atomic E-state index is 0.0735. The predicted octanol–water partition coefficient (Wildman–Crippen LogP) is 3.16. The van der Waals surface area contributed by atoms with Crippen LogP contribution in [0.5, 0.6) is 0 Å². The summed E-state index contributed by atoms with van der Waals surface area (Å²) in [6, 6.07) is 10.3. The van der Waals surface area contributed by atoms with Crippen LogP contribution < -0.4 is 5.32 Å². The van der Waals surface area contributed by atoms with Crippen LogP contribution in [0.1, 0.15) is 29.9 Å². The quantitative estimate of drug-likeness (QED) is 0.909. The molecule has 1 aliphatic heterocycles. The maximum Gasteiger partial charge on any atom is 0.317 e. The van der Waals surface area contributed by atoms with Crippen LogP contribution in [0.3, 0.4) is 0 Å². The van der Waals surface area contributed by atoms with E-state index in [1.807, 2.05) is 29.3 Å². The summed E-state index contributed by atoms with van der Waals surface area (Å²) in [5, 5.41) is 3.05. The molecule has 1 aromatic carbocycles. The van der Waals surface area contributed by atoms with Gasteiger partial charge in [0.25, 0.3) is 0 Å². The number of urea groups is 1. The predicted molar refractivity (Wildman–Crippen MR) is 99.5 cm³/mol. The molecule has 1 saturated heterocycles. The van der Waals surface area contributed by atoms with E-state index in [9.17, 15) is 4.79 Å². The molecule has 0 atom stereocenters. The van der Waals surface area contributed by atoms with Crippen LogP contribution in [0.4, 0.5) is 4.79 Å². The van der Waals surface area contributed by atoms with E-state index < -0.39 is 0 Å². The van der Waals surface area contributed by atoms with E-state index in [0.717, 1.165) is 44.7 Å². The second kappa shape index (κ2) is 8.19. The Bertz CT molecular complexity index is 667. The third kappa shape index (κ3) is 4.62. The highest BCUT2D eigenvalue weighted by atomic mass is 16.2. The number of imidazole rings is 1. The van der Waals surface area contributed by atoms with Crippen molar-refractivity contribution in [3.05, 3.63) is 53.6 Å². The molecule has 2 amide bonds. The third-order valence-corrected chi connectivity index (χ3v) is 5.13. The number of hydrogen-bond donors (Lipinski definition) is 1. The molecule has 3 rings (SSSR count). The number of nitrogens with zero attached hydrogens (tertiary/aromatic N) is 3. The van der Waals surface area contributed by atoms with E-state index in [0.29, 0.717) is 12.5 Å². The SMILES string of the molecule is Cc1cnc(C)n1CC1CCN(C(=O)NCCc2ccccc2)CC1. The van der Waals surface area contributed by atoms with Crippen LogP contribution >= 0.6 is 0 Å². The van der Waals surface area contributed by atoms with Gasteiger partial charge >= 0.3 is 6.03 Å². The van der Waals surface area contributed by atoms with E-state index >= 15 is 0 Å². The van der Waals surface area contributed by atoms with Crippen LogP contribution in [0.25, 0.3) is 0 Å². The smallest absolute Gasteiger partial charge is 0.317 e. The van der Waals surface area contributed by atoms with Gasteiger partial charge in [-0.15, -0.1) is 0 Å². The first-order chi connectivity index (χ1) is 12.1. The summed E-state index contributed by atoms with van der Waals surface area (Å²) < 4.78 is 2.29. The molecule has 1 aromatic heterocycles. The summed E-state index contributed by atoms with van der Waals surface area (Å²) in [5.41, 5.74) is 2.48. The Morgan fingerprint density at radius 2 is 1.92 bits per heavy atom. The maximum atomic E-state index is 12.3. The average Bonchev–Trinajstić information content (AvgIpc) is 2.95. The molecule has 0 saturated carbocycles. The zero-order valence-corrected chi connectivity index (χ0v) is 15.2. The van der Waals surface area contributed by atoms with Crippen LogP contribution in [-0.4, -0.2) is 40.1 Å². The Morgan fingerprint density at radius 1 is 1.20 bits per heavy atom. The van der Waals surface area contributed by atoms with Gasteiger partial charge in [0.15, 0.2) is 0 Å². The lowest BCUT2D eigenvalue weighted by molar-refractivity contribution is 0.165. The fourth-order valence-electron chi connectivity index (χ4n) is 3.50. The monoisotopic (exact) mass is 340 g/mol. The highest BCUT2D eigenvalue weighted by molar-refractivity contribution is 5.74. The number of amides is 2. The van der Waals surface area contributed by atoms with Gasteiger partial charge in [0.1, 0.15) is 5.82 Å². The van der Waals surface area contributed by atoms with Gasteiger partial charge in [-0.3, -0.25) is 0 Å². The Kier molecular flexibility index (Phi) is 5.74. The van der Waals surface area contributed by atoms with Crippen LogP contribution in [0.2, 0.25) is 0 Å². The van der Waals surface area contributed by atoms with Gasteiger partial charge in [-0.2, -0.15) is 0 Å². The van der Waals surface area contributed by atoms with Crippen molar-refractivity contribution in [1.29, 1.82) is 0 Å². The first-order valence-corrected chi connectivity index (χ1v) is 9.19. The molecule has 25 heavy (non-hydrogen) atoms. The number of rotatable bonds is 5. The highest BCUT2D eigenvalue weighted by Crippen LogP contribution is 2.20. The van der Waals surface area contributed by atoms with Crippen molar-refractivity contribution in [2.75, 3.05) is 19.6 Å². The Labute approximate surface area is 150 Å². The highest BCUT2D eigenvalue weighted by Gasteiger charge is 2.23. The minimum absolute atomic E-state index is 0.0735. The molecule has 0 bridgehead atoms. The summed E-state index contributed by atoms with van der Waals surface area (Å²) in [5.74, 6) is 1.71. The van der Waals surface area contributed by atoms with Gasteiger partial charge in [-0.1, -0.05) is 30.3 Å². The average molecular weight is 340 g/mol. The van der Waals surface area contributed by atoms with Gasteiger partial charge in [0.2, 0.25) is 0 Å². The normalized spacial score (nSPS) is 15.4. The Morgan fingerprint density at radius 3 is 2.56 bits per heavy atom. The lowest BCUT2D eigenvalue weighted by atomic mass is 9.97. The molecule has 0 radical (unpaired) electrons. The summed E-state index contributed by atoms with van der Waals surface area (Å²) in [4.78, 5) is 18.6. The molecule has 2 heterocycles. The number of carbonyl (C=O) groups is 1. The largest absolute Gasteiger partial charge is 0.338 e. The van der Waals surface area contributed by atoms with Gasteiger partial charge in [-0.05, 0) is 44.6 Å². The summed E-state index contributed by atoms with van der Waals surface area (Å²) in [6.07, 6.45) is 4.93. The summed E-state index contributed by atoms with van der Waals surface area (Å²) in [7, 11) is 0. The standard InChI is InChI=1S/C20H28N4O/c1-16-14-22-17(2)24(16)15-19-9-12-23(13-10-19)20(25)21-11-8-18-6-4-3-5-7-18/h3-7,14,19H,8-13,15H2,1-2H3,(H,21,25). The van der Waals surface area contributed by atoms with Crippen molar-refractivity contribution < 1.29 is 4.79 Å². The molecular formula is C20H28N4O. The first-order valence-electron chi connectivity index (χ1n) is 9.19. The van der Waals surface area contributed by atoms with Gasteiger partial charge in [-0.25, -0.2) is 9.78 Å². The van der Waals surface area contributed by atoms with Crippen LogP contribution in [-0.2, 0) is 13.0 Å². The first kappa shape index (κ1) is 17.5. The molecule has 5 nitrogen and oxygen atoms in total. The van der Waals surface area contributed by atoms with Gasteiger partial charge in [0, 0.05) is 38.1 Å². The lowest BCUT2D eigenvalue weighted by Gasteiger charge is -2.32. The topological polar surface area (TPSA) is 50.2 Å². The number of carbonyl (C=O) groups excluding carboxylic acids is 1. The van der Waals surface area contributed by atoms with Crippen molar-refractivity contribution >= 4 is 6.03 Å². The number of nitrogens with one attached hydrogen (secondary N) is 1. The second-order valence-electron chi connectivity index (χ2n) is 6.96. The molecular weight excluding hydrogens is 312 g/mol. The lowest BCUT2D eigenvalue weighted by Crippen LogP contribution is -2.45. The second-order valence-corrected chi connectivity index (χ2v) is 6.96. The Balaban J connectivity index is 1.40. The molecule has 0 spiro atoms. The molecule has 1 fully saturated rings. The van der Waals surface area contributed by atoms with E-state index in [4.69, 9.17) is 0 Å². The van der Waals surface area contributed by atoms with Crippen LogP contribution in [0.15, 0.2) is 36.5 Å². The molecule has 1 aliphatic rings. The zero-order chi connectivity index (χ0) is 17.6. The molecule has 2 aromatic rings. The summed E-state index contributed by atoms with van der Waals surface area (Å²) in [6.45, 7) is 7.55. The van der Waals surface area contributed by atoms with E-state index in [1.165, 1.54) is 11.3 Å². The van der Waals surface area contributed by atoms with Crippen molar-refractivity contribution in [1.82, 2.24) is 19.8 Å². The Hall–Kier alpha value is -2.30. The van der Waals surface area contributed by atoms with E-state index in [-0.39, 0.29) is 6.03 Å². The number of likely N-dealkylation sites (tertiary alicyclic amines) is 1. The minimum Gasteiger partial charge on any atom is -0.338 e. The van der Waals surface area contributed by atoms with Crippen LogP contribution in [0, 0.1) is 19.8 Å². The molecule has 134 valence electrons. The number of aromatic nitrogens is 2. The number of piperidine rings is 1. The number of hydrogen-bond acceptors (Lipinski definition) is 2. The van der Waals surface area contributed by atoms with E-state index in [1.54, 1.807) is 0 Å². The maximum absolute atomic E-state index is 12.3. The van der Waals surface area contributed by atoms with E-state index in [2.05, 4.69) is 40.8 Å². The number of benzene rings is 1. The summed E-state index contributed by atoms with van der Waals surface area (Å²) >= 11 is 0. The van der Waals surface area contributed by atoms with Crippen molar-refractivity contribution in [3.63, 3.8) is 0 Å². The third-order valence-electron chi connectivity index (χ3n) is 5.13. The van der Waals surface area contributed by atoms with Crippen molar-refractivity contribution in [2.24, 2.45) is 5.92 Å². The van der Waals surface area contributed by atoms with Gasteiger partial charge in [0.05, 0.1) is 0 Å². The number of aryl methyl sites for hydroxylation is 2. The zero-order valence-electron chi connectivity index (χ0n) is 15.2. The fourth-order valence-corrected chi connectivity index (χ4v) is 3.50. The van der Waals surface area contributed by atoms with Crippen molar-refractivity contribution in [3.8, 4) is 0 Å².